The van der Waals surface area contributed by atoms with Gasteiger partial charge in [0.2, 0.25) is 0 Å². The highest BCUT2D eigenvalue weighted by molar-refractivity contribution is 5.74. The van der Waals surface area contributed by atoms with E-state index in [1.165, 1.54) is 77.0 Å². The summed E-state index contributed by atoms with van der Waals surface area (Å²) in [5, 5.41) is 0. The van der Waals surface area contributed by atoms with Gasteiger partial charge in [0.1, 0.15) is 0 Å². The topological polar surface area (TPSA) is 26.3 Å². The quantitative estimate of drug-likeness (QED) is 0.193. The average molecular weight is 323 g/mol. The molecule has 0 aromatic carbocycles. The van der Waals surface area contributed by atoms with Crippen LogP contribution >= 0.6 is 0 Å². The number of carbonyl (C=O) groups is 1. The van der Waals surface area contributed by atoms with E-state index in [0.717, 1.165) is 19.3 Å². The molecule has 23 heavy (non-hydrogen) atoms. The molecule has 1 unspecified atom stereocenters. The Morgan fingerprint density at radius 2 is 1.39 bits per heavy atom. The van der Waals surface area contributed by atoms with E-state index in [1.54, 1.807) is 0 Å². The summed E-state index contributed by atoms with van der Waals surface area (Å²) in [5.41, 5.74) is 0. The minimum atomic E-state index is -0.0160. The van der Waals surface area contributed by atoms with Crippen LogP contribution in [0.25, 0.3) is 0 Å². The van der Waals surface area contributed by atoms with Gasteiger partial charge in [0.15, 0.2) is 0 Å². The SMILES string of the molecule is CCCCCCCCCCCCCCCOC(=O)C1C=CCC1. The van der Waals surface area contributed by atoms with Crippen LogP contribution in [-0.2, 0) is 9.53 Å². The molecule has 1 atom stereocenters. The fourth-order valence-corrected chi connectivity index (χ4v) is 3.23. The standard InChI is InChI=1S/C21H38O2/c1-2-3-4-5-6-7-8-9-10-11-12-13-16-19-23-21(22)20-17-14-15-18-20/h14,17,20H,2-13,15-16,18-19H2,1H3. The molecule has 0 saturated carbocycles. The zero-order valence-corrected chi connectivity index (χ0v) is 15.4. The first-order valence-corrected chi connectivity index (χ1v) is 10.2. The van der Waals surface area contributed by atoms with Crippen LogP contribution in [0.5, 0.6) is 0 Å². The Morgan fingerprint density at radius 1 is 0.870 bits per heavy atom. The minimum absolute atomic E-state index is 0.0160. The van der Waals surface area contributed by atoms with Crippen molar-refractivity contribution in [3.8, 4) is 0 Å². The van der Waals surface area contributed by atoms with Gasteiger partial charge in [-0.2, -0.15) is 0 Å². The largest absolute Gasteiger partial charge is 0.465 e. The van der Waals surface area contributed by atoms with Gasteiger partial charge in [-0.3, -0.25) is 4.79 Å². The fraction of sp³-hybridized carbons (Fsp3) is 0.857. The summed E-state index contributed by atoms with van der Waals surface area (Å²) in [7, 11) is 0. The number of allylic oxidation sites excluding steroid dienone is 1. The molecule has 2 nitrogen and oxygen atoms in total. The molecule has 1 rings (SSSR count). The van der Waals surface area contributed by atoms with Gasteiger partial charge < -0.3 is 4.74 Å². The molecule has 1 aliphatic rings. The van der Waals surface area contributed by atoms with Crippen molar-refractivity contribution in [2.24, 2.45) is 5.92 Å². The van der Waals surface area contributed by atoms with Crippen molar-refractivity contribution in [2.45, 2.75) is 103 Å². The second-order valence-electron chi connectivity index (χ2n) is 7.02. The summed E-state index contributed by atoms with van der Waals surface area (Å²) in [5.74, 6) is 0.0228. The van der Waals surface area contributed by atoms with Gasteiger partial charge in [0.25, 0.3) is 0 Å². The lowest BCUT2D eigenvalue weighted by Gasteiger charge is -2.08. The van der Waals surface area contributed by atoms with E-state index in [2.05, 4.69) is 13.0 Å². The Labute approximate surface area is 144 Å². The molecule has 0 spiro atoms. The van der Waals surface area contributed by atoms with Crippen LogP contribution in [0.2, 0.25) is 0 Å². The van der Waals surface area contributed by atoms with Crippen molar-refractivity contribution in [1.82, 2.24) is 0 Å². The van der Waals surface area contributed by atoms with Gasteiger partial charge >= 0.3 is 5.97 Å². The van der Waals surface area contributed by atoms with Crippen LogP contribution in [0, 0.1) is 5.92 Å². The highest BCUT2D eigenvalue weighted by Crippen LogP contribution is 2.18. The maximum Gasteiger partial charge on any atom is 0.312 e. The summed E-state index contributed by atoms with van der Waals surface area (Å²) in [6, 6.07) is 0. The number of hydrogen-bond donors (Lipinski definition) is 0. The molecule has 2 heteroatoms. The van der Waals surface area contributed by atoms with Crippen LogP contribution in [0.1, 0.15) is 103 Å². The molecular formula is C21H38O2. The fourth-order valence-electron chi connectivity index (χ4n) is 3.23. The molecule has 0 bridgehead atoms. The van der Waals surface area contributed by atoms with Gasteiger partial charge in [-0.1, -0.05) is 96.1 Å². The van der Waals surface area contributed by atoms with E-state index < -0.39 is 0 Å². The summed E-state index contributed by atoms with van der Waals surface area (Å²) < 4.78 is 5.34. The number of unbranched alkanes of at least 4 members (excludes halogenated alkanes) is 12. The second-order valence-corrected chi connectivity index (χ2v) is 7.02. The zero-order valence-electron chi connectivity index (χ0n) is 15.4. The lowest BCUT2D eigenvalue weighted by Crippen LogP contribution is -2.14. The van der Waals surface area contributed by atoms with Gasteiger partial charge in [0, 0.05) is 0 Å². The van der Waals surface area contributed by atoms with Crippen molar-refractivity contribution in [3.63, 3.8) is 0 Å². The van der Waals surface area contributed by atoms with Gasteiger partial charge in [-0.05, 0) is 19.3 Å². The van der Waals surface area contributed by atoms with Crippen molar-refractivity contribution in [1.29, 1.82) is 0 Å². The molecule has 0 saturated heterocycles. The van der Waals surface area contributed by atoms with Crippen LogP contribution < -0.4 is 0 Å². The van der Waals surface area contributed by atoms with E-state index >= 15 is 0 Å². The number of ether oxygens (including phenoxy) is 1. The molecular weight excluding hydrogens is 284 g/mol. The number of esters is 1. The van der Waals surface area contributed by atoms with Gasteiger partial charge in [-0.15, -0.1) is 0 Å². The number of rotatable bonds is 15. The average Bonchev–Trinajstić information content (AvgIpc) is 3.09. The molecule has 134 valence electrons. The second kappa shape index (κ2) is 14.8. The maximum atomic E-state index is 11.7. The van der Waals surface area contributed by atoms with Gasteiger partial charge in [-0.25, -0.2) is 0 Å². The molecule has 0 N–H and O–H groups in total. The minimum Gasteiger partial charge on any atom is -0.465 e. The van der Waals surface area contributed by atoms with E-state index in [0.29, 0.717) is 6.61 Å². The monoisotopic (exact) mass is 322 g/mol. The molecule has 0 aromatic heterocycles. The lowest BCUT2D eigenvalue weighted by molar-refractivity contribution is -0.146. The van der Waals surface area contributed by atoms with Crippen molar-refractivity contribution in [3.05, 3.63) is 12.2 Å². The molecule has 0 heterocycles. The van der Waals surface area contributed by atoms with E-state index in [-0.39, 0.29) is 11.9 Å². The Bertz CT molecular complexity index is 309. The third-order valence-corrected chi connectivity index (χ3v) is 4.81. The smallest absolute Gasteiger partial charge is 0.312 e. The van der Waals surface area contributed by atoms with Crippen molar-refractivity contribution >= 4 is 5.97 Å². The Kier molecular flexibility index (Phi) is 13.0. The Morgan fingerprint density at radius 3 is 1.87 bits per heavy atom. The summed E-state index contributed by atoms with van der Waals surface area (Å²) in [6.45, 7) is 2.89. The van der Waals surface area contributed by atoms with Crippen LogP contribution in [0.15, 0.2) is 12.2 Å². The molecule has 0 fully saturated rings. The Hall–Kier alpha value is -0.790. The first-order chi connectivity index (χ1) is 11.3. The van der Waals surface area contributed by atoms with Crippen LogP contribution in [0.3, 0.4) is 0 Å². The first kappa shape index (κ1) is 20.3. The third kappa shape index (κ3) is 11.4. The summed E-state index contributed by atoms with van der Waals surface area (Å²) >= 11 is 0. The van der Waals surface area contributed by atoms with Crippen molar-refractivity contribution in [2.75, 3.05) is 6.61 Å². The molecule has 0 aromatic rings. The summed E-state index contributed by atoms with van der Waals surface area (Å²) in [4.78, 5) is 11.7. The molecule has 1 aliphatic carbocycles. The zero-order chi connectivity index (χ0) is 16.6. The lowest BCUT2D eigenvalue weighted by atomic mass is 10.0. The van der Waals surface area contributed by atoms with Crippen LogP contribution in [-0.4, -0.2) is 12.6 Å². The maximum absolute atomic E-state index is 11.7. The predicted molar refractivity (Wildman–Crippen MR) is 98.5 cm³/mol. The van der Waals surface area contributed by atoms with Crippen molar-refractivity contribution < 1.29 is 9.53 Å². The van der Waals surface area contributed by atoms with E-state index in [1.807, 2.05) is 6.08 Å². The van der Waals surface area contributed by atoms with E-state index in [9.17, 15) is 4.79 Å². The Balaban J connectivity index is 1.73. The summed E-state index contributed by atoms with van der Waals surface area (Å²) in [6.07, 6.45) is 23.6. The highest BCUT2D eigenvalue weighted by Gasteiger charge is 2.18. The normalized spacial score (nSPS) is 16.8. The van der Waals surface area contributed by atoms with Crippen LogP contribution in [0.4, 0.5) is 0 Å². The molecule has 0 amide bonds. The first-order valence-electron chi connectivity index (χ1n) is 10.2. The highest BCUT2D eigenvalue weighted by atomic mass is 16.5. The predicted octanol–water partition coefficient (Wildman–Crippen LogP) is 6.59. The van der Waals surface area contributed by atoms with E-state index in [4.69, 9.17) is 4.74 Å². The van der Waals surface area contributed by atoms with Gasteiger partial charge in [0.05, 0.1) is 12.5 Å². The molecule has 0 aliphatic heterocycles. The molecule has 0 radical (unpaired) electrons. The number of hydrogen-bond acceptors (Lipinski definition) is 2. The third-order valence-electron chi connectivity index (χ3n) is 4.81. The number of carbonyl (C=O) groups excluding carboxylic acids is 1.